The predicted molar refractivity (Wildman–Crippen MR) is 298 cm³/mol. The molecule has 0 aliphatic rings. The SMILES string of the molecule is CCCCC/C=C\C/C=C\CCCCCCCCCCOCC(COC(=O)CCCCCCCCCCCCCCCCCCC)OC(=O)CCCCCCCCCCCCCCCCCCC. The second-order valence-electron chi connectivity index (χ2n) is 21.0. The summed E-state index contributed by atoms with van der Waals surface area (Å²) in [5, 5.41) is 0. The molecule has 0 N–H and O–H groups in total. The molecular weight excluding hydrogens is 837 g/mol. The summed E-state index contributed by atoms with van der Waals surface area (Å²) in [7, 11) is 0. The van der Waals surface area contributed by atoms with E-state index in [1.165, 1.54) is 263 Å². The van der Waals surface area contributed by atoms with E-state index in [0.717, 1.165) is 44.9 Å². The van der Waals surface area contributed by atoms with E-state index in [0.29, 0.717) is 26.1 Å². The molecule has 0 saturated heterocycles. The molecule has 68 heavy (non-hydrogen) atoms. The molecule has 402 valence electrons. The van der Waals surface area contributed by atoms with Crippen LogP contribution in [0, 0.1) is 0 Å². The van der Waals surface area contributed by atoms with E-state index in [1.807, 2.05) is 0 Å². The Morgan fingerprint density at radius 3 is 1.00 bits per heavy atom. The Kier molecular flexibility index (Phi) is 58.3. The Bertz CT molecular complexity index is 1040. The largest absolute Gasteiger partial charge is 0.462 e. The summed E-state index contributed by atoms with van der Waals surface area (Å²) < 4.78 is 17.5. The van der Waals surface area contributed by atoms with Gasteiger partial charge in [0.25, 0.3) is 0 Å². The van der Waals surface area contributed by atoms with Gasteiger partial charge in [0.2, 0.25) is 0 Å². The van der Waals surface area contributed by atoms with Crippen LogP contribution < -0.4 is 0 Å². The van der Waals surface area contributed by atoms with Gasteiger partial charge in [-0.25, -0.2) is 0 Å². The van der Waals surface area contributed by atoms with Crippen LogP contribution in [-0.2, 0) is 23.8 Å². The molecule has 0 aliphatic heterocycles. The molecule has 0 aromatic heterocycles. The number of esters is 2. The lowest BCUT2D eigenvalue weighted by Gasteiger charge is -2.18. The maximum absolute atomic E-state index is 12.9. The van der Waals surface area contributed by atoms with E-state index in [2.05, 4.69) is 45.1 Å². The van der Waals surface area contributed by atoms with Crippen LogP contribution in [0.2, 0.25) is 0 Å². The summed E-state index contributed by atoms with van der Waals surface area (Å²) in [6, 6.07) is 0. The standard InChI is InChI=1S/C63H120O5/c1-4-7-10-13-16-19-22-25-28-31-34-37-40-43-46-49-52-55-58-66-59-61(68-63(65)57-54-51-48-45-42-39-36-33-30-27-24-21-18-15-12-9-6-3)60-67-62(64)56-53-50-47-44-41-38-35-32-29-26-23-20-17-14-11-8-5-2/h16,19,25,28,61H,4-15,17-18,20-24,26-27,29-60H2,1-3H3/b19-16-,28-25-. The minimum atomic E-state index is -0.533. The summed E-state index contributed by atoms with van der Waals surface area (Å²) in [5.74, 6) is -0.373. The lowest BCUT2D eigenvalue weighted by atomic mass is 10.0. The van der Waals surface area contributed by atoms with Gasteiger partial charge in [-0.05, 0) is 51.4 Å². The maximum atomic E-state index is 12.9. The summed E-state index contributed by atoms with van der Waals surface area (Å²) in [6.07, 6.45) is 72.0. The first-order valence-corrected chi connectivity index (χ1v) is 30.9. The van der Waals surface area contributed by atoms with Crippen molar-refractivity contribution in [1.82, 2.24) is 0 Å². The lowest BCUT2D eigenvalue weighted by molar-refractivity contribution is -0.163. The third-order valence-corrected chi connectivity index (χ3v) is 14.0. The van der Waals surface area contributed by atoms with Crippen molar-refractivity contribution in [2.45, 2.75) is 348 Å². The number of hydrogen-bond donors (Lipinski definition) is 0. The van der Waals surface area contributed by atoms with Crippen molar-refractivity contribution in [2.75, 3.05) is 19.8 Å². The van der Waals surface area contributed by atoms with Crippen LogP contribution >= 0.6 is 0 Å². The molecular formula is C63H120O5. The van der Waals surface area contributed by atoms with Crippen molar-refractivity contribution in [3.05, 3.63) is 24.3 Å². The van der Waals surface area contributed by atoms with Gasteiger partial charge in [-0.2, -0.15) is 0 Å². The Morgan fingerprint density at radius 1 is 0.324 bits per heavy atom. The predicted octanol–water partition coefficient (Wildman–Crippen LogP) is 21.1. The van der Waals surface area contributed by atoms with E-state index < -0.39 is 6.10 Å². The molecule has 0 aromatic rings. The van der Waals surface area contributed by atoms with Crippen LogP contribution in [0.4, 0.5) is 0 Å². The zero-order valence-corrected chi connectivity index (χ0v) is 46.4. The molecule has 1 atom stereocenters. The number of carbonyl (C=O) groups is 2. The zero-order chi connectivity index (χ0) is 49.2. The van der Waals surface area contributed by atoms with Gasteiger partial charge in [0.1, 0.15) is 6.61 Å². The van der Waals surface area contributed by atoms with Gasteiger partial charge in [-0.15, -0.1) is 0 Å². The third-order valence-electron chi connectivity index (χ3n) is 14.0. The van der Waals surface area contributed by atoms with Gasteiger partial charge in [0, 0.05) is 19.4 Å². The fourth-order valence-corrected chi connectivity index (χ4v) is 9.37. The molecule has 0 radical (unpaired) electrons. The van der Waals surface area contributed by atoms with E-state index in [-0.39, 0.29) is 18.5 Å². The third kappa shape index (κ3) is 57.0. The fourth-order valence-electron chi connectivity index (χ4n) is 9.37. The molecule has 0 saturated carbocycles. The summed E-state index contributed by atoms with van der Waals surface area (Å²) in [6.45, 7) is 7.88. The molecule has 5 nitrogen and oxygen atoms in total. The molecule has 0 amide bonds. The van der Waals surface area contributed by atoms with Crippen LogP contribution in [-0.4, -0.2) is 37.9 Å². The first-order valence-electron chi connectivity index (χ1n) is 30.9. The minimum Gasteiger partial charge on any atom is -0.462 e. The van der Waals surface area contributed by atoms with Crippen LogP contribution in [0.3, 0.4) is 0 Å². The molecule has 0 rings (SSSR count). The zero-order valence-electron chi connectivity index (χ0n) is 46.4. The van der Waals surface area contributed by atoms with Crippen LogP contribution in [0.1, 0.15) is 342 Å². The number of ether oxygens (including phenoxy) is 3. The van der Waals surface area contributed by atoms with E-state index in [9.17, 15) is 9.59 Å². The highest BCUT2D eigenvalue weighted by molar-refractivity contribution is 5.70. The normalized spacial score (nSPS) is 12.2. The van der Waals surface area contributed by atoms with Crippen molar-refractivity contribution in [1.29, 1.82) is 0 Å². The summed E-state index contributed by atoms with van der Waals surface area (Å²) in [4.78, 5) is 25.6. The molecule has 0 bridgehead atoms. The molecule has 0 heterocycles. The van der Waals surface area contributed by atoms with Gasteiger partial charge in [0.15, 0.2) is 6.10 Å². The summed E-state index contributed by atoms with van der Waals surface area (Å²) >= 11 is 0. The van der Waals surface area contributed by atoms with Crippen molar-refractivity contribution < 1.29 is 23.8 Å². The quantitative estimate of drug-likeness (QED) is 0.0345. The number of rotatable bonds is 58. The van der Waals surface area contributed by atoms with E-state index in [4.69, 9.17) is 14.2 Å². The number of unbranched alkanes of at least 4 members (excludes halogenated alkanes) is 43. The van der Waals surface area contributed by atoms with Gasteiger partial charge < -0.3 is 14.2 Å². The minimum absolute atomic E-state index is 0.0918. The van der Waals surface area contributed by atoms with Crippen molar-refractivity contribution in [2.24, 2.45) is 0 Å². The van der Waals surface area contributed by atoms with E-state index in [1.54, 1.807) is 0 Å². The Balaban J connectivity index is 4.22. The average Bonchev–Trinajstić information content (AvgIpc) is 3.34. The molecule has 1 unspecified atom stereocenters. The smallest absolute Gasteiger partial charge is 0.306 e. The van der Waals surface area contributed by atoms with Gasteiger partial charge in [0.05, 0.1) is 6.61 Å². The number of carbonyl (C=O) groups excluding carboxylic acids is 2. The maximum Gasteiger partial charge on any atom is 0.306 e. The number of allylic oxidation sites excluding steroid dienone is 4. The van der Waals surface area contributed by atoms with Crippen molar-refractivity contribution >= 4 is 11.9 Å². The van der Waals surface area contributed by atoms with Gasteiger partial charge >= 0.3 is 11.9 Å². The molecule has 5 heteroatoms. The van der Waals surface area contributed by atoms with Crippen LogP contribution in [0.15, 0.2) is 24.3 Å². The average molecular weight is 958 g/mol. The lowest BCUT2D eigenvalue weighted by Crippen LogP contribution is -2.30. The van der Waals surface area contributed by atoms with Crippen LogP contribution in [0.5, 0.6) is 0 Å². The Hall–Kier alpha value is -1.62. The molecule has 0 aromatic carbocycles. The summed E-state index contributed by atoms with van der Waals surface area (Å²) in [5.41, 5.74) is 0. The highest BCUT2D eigenvalue weighted by atomic mass is 16.6. The second kappa shape index (κ2) is 59.7. The monoisotopic (exact) mass is 957 g/mol. The topological polar surface area (TPSA) is 61.8 Å². The molecule has 0 fully saturated rings. The van der Waals surface area contributed by atoms with Crippen LogP contribution in [0.25, 0.3) is 0 Å². The van der Waals surface area contributed by atoms with Crippen molar-refractivity contribution in [3.63, 3.8) is 0 Å². The van der Waals surface area contributed by atoms with E-state index >= 15 is 0 Å². The highest BCUT2D eigenvalue weighted by Gasteiger charge is 2.18. The molecule has 0 aliphatic carbocycles. The Morgan fingerprint density at radius 2 is 0.618 bits per heavy atom. The van der Waals surface area contributed by atoms with Gasteiger partial charge in [-0.3, -0.25) is 9.59 Å². The first kappa shape index (κ1) is 66.4. The molecule has 0 spiro atoms. The first-order chi connectivity index (χ1) is 33.6. The second-order valence-corrected chi connectivity index (χ2v) is 21.0. The highest BCUT2D eigenvalue weighted by Crippen LogP contribution is 2.17. The Labute approximate surface area is 426 Å². The number of hydrogen-bond acceptors (Lipinski definition) is 5. The fraction of sp³-hybridized carbons (Fsp3) is 0.905. The van der Waals surface area contributed by atoms with Gasteiger partial charge in [-0.1, -0.05) is 302 Å². The van der Waals surface area contributed by atoms with Crippen molar-refractivity contribution in [3.8, 4) is 0 Å².